The number of hydrogen-bond acceptors (Lipinski definition) is 6. The SMILES string of the molecule is COc1cc(NC(=O)NCCc2csc(-n3nc(C)cc3C)n2)cc(OC)c1. The summed E-state index contributed by atoms with van der Waals surface area (Å²) in [6.07, 6.45) is 0.630. The largest absolute Gasteiger partial charge is 0.497 e. The lowest BCUT2D eigenvalue weighted by Crippen LogP contribution is -2.30. The van der Waals surface area contributed by atoms with Gasteiger partial charge < -0.3 is 20.1 Å². The minimum absolute atomic E-state index is 0.302. The van der Waals surface area contributed by atoms with Gasteiger partial charge in [0.25, 0.3) is 0 Å². The number of carbonyl (C=O) groups is 1. The van der Waals surface area contributed by atoms with Gasteiger partial charge >= 0.3 is 6.03 Å². The van der Waals surface area contributed by atoms with Crippen molar-refractivity contribution in [1.29, 1.82) is 0 Å². The van der Waals surface area contributed by atoms with E-state index in [1.165, 1.54) is 11.3 Å². The van der Waals surface area contributed by atoms with Crippen LogP contribution in [0.5, 0.6) is 11.5 Å². The van der Waals surface area contributed by atoms with Crippen LogP contribution in [0.2, 0.25) is 0 Å². The molecular formula is C19H23N5O3S. The molecule has 3 rings (SSSR count). The summed E-state index contributed by atoms with van der Waals surface area (Å²) < 4.78 is 12.2. The first kappa shape index (κ1) is 19.7. The van der Waals surface area contributed by atoms with Gasteiger partial charge in [-0.25, -0.2) is 14.5 Å². The van der Waals surface area contributed by atoms with Crippen LogP contribution in [0.15, 0.2) is 29.6 Å². The highest BCUT2D eigenvalue weighted by Crippen LogP contribution is 2.25. The zero-order valence-electron chi connectivity index (χ0n) is 16.3. The van der Waals surface area contributed by atoms with E-state index in [0.717, 1.165) is 22.2 Å². The molecular weight excluding hydrogens is 378 g/mol. The maximum atomic E-state index is 12.1. The molecule has 0 aliphatic heterocycles. The molecule has 8 nitrogen and oxygen atoms in total. The lowest BCUT2D eigenvalue weighted by atomic mass is 10.3. The Morgan fingerprint density at radius 1 is 1.14 bits per heavy atom. The zero-order chi connectivity index (χ0) is 20.1. The van der Waals surface area contributed by atoms with Crippen molar-refractivity contribution in [3.05, 3.63) is 46.7 Å². The number of aryl methyl sites for hydroxylation is 2. The average molecular weight is 401 g/mol. The molecule has 0 saturated carbocycles. The summed E-state index contributed by atoms with van der Waals surface area (Å²) in [5.41, 5.74) is 3.51. The minimum Gasteiger partial charge on any atom is -0.497 e. The van der Waals surface area contributed by atoms with E-state index in [0.29, 0.717) is 30.2 Å². The number of aromatic nitrogens is 3. The van der Waals surface area contributed by atoms with Crippen LogP contribution in [0.25, 0.3) is 5.13 Å². The molecule has 0 atom stereocenters. The Hall–Kier alpha value is -3.07. The number of carbonyl (C=O) groups excluding carboxylic acids is 1. The highest BCUT2D eigenvalue weighted by atomic mass is 32.1. The number of urea groups is 1. The Morgan fingerprint density at radius 3 is 2.46 bits per heavy atom. The Balaban J connectivity index is 1.53. The normalized spacial score (nSPS) is 10.6. The summed E-state index contributed by atoms with van der Waals surface area (Å²) in [5, 5.41) is 12.9. The van der Waals surface area contributed by atoms with Crippen LogP contribution in [-0.4, -0.2) is 41.6 Å². The molecule has 0 spiro atoms. The molecule has 9 heteroatoms. The first-order chi connectivity index (χ1) is 13.5. The fourth-order valence-corrected chi connectivity index (χ4v) is 3.56. The van der Waals surface area contributed by atoms with E-state index >= 15 is 0 Å². The van der Waals surface area contributed by atoms with E-state index in [-0.39, 0.29) is 6.03 Å². The van der Waals surface area contributed by atoms with Gasteiger partial charge in [-0.05, 0) is 19.9 Å². The molecule has 0 unspecified atom stereocenters. The first-order valence-corrected chi connectivity index (χ1v) is 9.62. The third-order valence-electron chi connectivity index (χ3n) is 4.01. The molecule has 148 valence electrons. The smallest absolute Gasteiger partial charge is 0.319 e. The van der Waals surface area contributed by atoms with Crippen LogP contribution in [0.3, 0.4) is 0 Å². The molecule has 1 aromatic carbocycles. The van der Waals surface area contributed by atoms with Gasteiger partial charge in [0.15, 0.2) is 0 Å². The van der Waals surface area contributed by atoms with E-state index in [1.54, 1.807) is 32.4 Å². The van der Waals surface area contributed by atoms with Crippen molar-refractivity contribution in [2.24, 2.45) is 0 Å². The number of anilines is 1. The summed E-state index contributed by atoms with van der Waals surface area (Å²) >= 11 is 1.53. The molecule has 2 aromatic heterocycles. The maximum absolute atomic E-state index is 12.1. The Morgan fingerprint density at radius 2 is 1.86 bits per heavy atom. The van der Waals surface area contributed by atoms with E-state index in [2.05, 4.69) is 20.7 Å². The molecule has 28 heavy (non-hydrogen) atoms. The first-order valence-electron chi connectivity index (χ1n) is 8.74. The van der Waals surface area contributed by atoms with Crippen molar-refractivity contribution in [2.75, 3.05) is 26.1 Å². The highest BCUT2D eigenvalue weighted by Gasteiger charge is 2.10. The second-order valence-electron chi connectivity index (χ2n) is 6.19. The standard InChI is InChI=1S/C19H23N5O3S/c1-12-7-13(2)24(23-12)19-22-14(11-28-19)5-6-20-18(25)21-15-8-16(26-3)10-17(9-15)27-4/h7-11H,5-6H2,1-4H3,(H2,20,21,25). The molecule has 2 heterocycles. The number of nitrogens with zero attached hydrogens (tertiary/aromatic N) is 3. The predicted molar refractivity (Wildman–Crippen MR) is 109 cm³/mol. The van der Waals surface area contributed by atoms with Crippen molar-refractivity contribution in [3.8, 4) is 16.6 Å². The second kappa shape index (κ2) is 8.75. The number of benzene rings is 1. The van der Waals surface area contributed by atoms with E-state index in [4.69, 9.17) is 9.47 Å². The summed E-state index contributed by atoms with van der Waals surface area (Å²) in [6.45, 7) is 4.42. The molecule has 0 bridgehead atoms. The van der Waals surface area contributed by atoms with Crippen molar-refractivity contribution in [3.63, 3.8) is 0 Å². The van der Waals surface area contributed by atoms with Crippen molar-refractivity contribution in [2.45, 2.75) is 20.3 Å². The molecule has 2 N–H and O–H groups in total. The molecule has 0 aliphatic rings. The average Bonchev–Trinajstić information content (AvgIpc) is 3.27. The number of rotatable bonds is 7. The van der Waals surface area contributed by atoms with Crippen LogP contribution in [0, 0.1) is 13.8 Å². The highest BCUT2D eigenvalue weighted by molar-refractivity contribution is 7.12. The summed E-state index contributed by atoms with van der Waals surface area (Å²) in [7, 11) is 3.12. The van der Waals surface area contributed by atoms with Gasteiger partial charge in [-0.15, -0.1) is 11.3 Å². The van der Waals surface area contributed by atoms with E-state index < -0.39 is 0 Å². The Bertz CT molecular complexity index is 944. The van der Waals surface area contributed by atoms with E-state index in [1.807, 2.05) is 30.0 Å². The second-order valence-corrected chi connectivity index (χ2v) is 7.03. The van der Waals surface area contributed by atoms with Crippen molar-refractivity contribution in [1.82, 2.24) is 20.1 Å². The third-order valence-corrected chi connectivity index (χ3v) is 4.87. The fourth-order valence-electron chi connectivity index (χ4n) is 2.69. The number of hydrogen-bond donors (Lipinski definition) is 2. The van der Waals surface area contributed by atoms with Crippen LogP contribution in [0.4, 0.5) is 10.5 Å². The van der Waals surface area contributed by atoms with Gasteiger partial charge in [0.1, 0.15) is 11.5 Å². The lowest BCUT2D eigenvalue weighted by Gasteiger charge is -2.10. The number of ether oxygens (including phenoxy) is 2. The monoisotopic (exact) mass is 401 g/mol. The molecule has 2 amide bonds. The number of amides is 2. The van der Waals surface area contributed by atoms with Crippen molar-refractivity contribution >= 4 is 23.1 Å². The third kappa shape index (κ3) is 4.80. The number of nitrogens with one attached hydrogen (secondary N) is 2. The minimum atomic E-state index is -0.302. The predicted octanol–water partition coefficient (Wildman–Crippen LogP) is 3.33. The van der Waals surface area contributed by atoms with Gasteiger partial charge in [0.05, 0.1) is 25.6 Å². The molecule has 0 radical (unpaired) electrons. The van der Waals surface area contributed by atoms with Crippen LogP contribution in [-0.2, 0) is 6.42 Å². The molecule has 0 aliphatic carbocycles. The van der Waals surface area contributed by atoms with Crippen molar-refractivity contribution < 1.29 is 14.3 Å². The molecule has 3 aromatic rings. The summed E-state index contributed by atoms with van der Waals surface area (Å²) in [5.74, 6) is 1.21. The Labute approximate surface area is 167 Å². The van der Waals surface area contributed by atoms with Crippen LogP contribution < -0.4 is 20.1 Å². The maximum Gasteiger partial charge on any atom is 0.319 e. The van der Waals surface area contributed by atoms with Gasteiger partial charge in [0, 0.05) is 47.9 Å². The van der Waals surface area contributed by atoms with Crippen LogP contribution >= 0.6 is 11.3 Å². The van der Waals surface area contributed by atoms with Gasteiger partial charge in [-0.1, -0.05) is 0 Å². The van der Waals surface area contributed by atoms with Gasteiger partial charge in [-0.3, -0.25) is 0 Å². The van der Waals surface area contributed by atoms with Gasteiger partial charge in [-0.2, -0.15) is 5.10 Å². The quantitative estimate of drug-likeness (QED) is 0.634. The molecule has 0 fully saturated rings. The number of methoxy groups -OCH3 is 2. The van der Waals surface area contributed by atoms with Crippen LogP contribution in [0.1, 0.15) is 17.1 Å². The zero-order valence-corrected chi connectivity index (χ0v) is 17.1. The Kier molecular flexibility index (Phi) is 6.15. The fraction of sp³-hybridized carbons (Fsp3) is 0.316. The van der Waals surface area contributed by atoms with Gasteiger partial charge in [0.2, 0.25) is 5.13 Å². The topological polar surface area (TPSA) is 90.3 Å². The lowest BCUT2D eigenvalue weighted by molar-refractivity contribution is 0.252. The summed E-state index contributed by atoms with van der Waals surface area (Å²) in [6, 6.07) is 6.91. The summed E-state index contributed by atoms with van der Waals surface area (Å²) in [4.78, 5) is 16.7. The molecule has 0 saturated heterocycles. The number of thiazole rings is 1. The van der Waals surface area contributed by atoms with E-state index in [9.17, 15) is 4.79 Å².